The maximum absolute atomic E-state index is 6.57. The molecule has 0 fully saturated rings. The summed E-state index contributed by atoms with van der Waals surface area (Å²) < 4.78 is 0. The van der Waals surface area contributed by atoms with E-state index < -0.39 is 0 Å². The van der Waals surface area contributed by atoms with Crippen LogP contribution in [0.3, 0.4) is 0 Å². The van der Waals surface area contributed by atoms with Crippen LogP contribution >= 0.6 is 23.2 Å². The molecule has 4 aromatic carbocycles. The molecular weight excluding hydrogens is 423 g/mol. The van der Waals surface area contributed by atoms with Crippen molar-refractivity contribution >= 4 is 23.2 Å². The van der Waals surface area contributed by atoms with E-state index >= 15 is 0 Å². The molecule has 2 nitrogen and oxygen atoms in total. The summed E-state index contributed by atoms with van der Waals surface area (Å²) in [5.41, 5.74) is 6.91. The number of nitrogens with zero attached hydrogens (tertiary/aromatic N) is 1. The lowest BCUT2D eigenvalue weighted by Crippen LogP contribution is -1.89. The van der Waals surface area contributed by atoms with E-state index in [1.165, 1.54) is 0 Å². The highest BCUT2D eigenvalue weighted by Gasteiger charge is 2.19. The third-order valence-corrected chi connectivity index (χ3v) is 5.76. The lowest BCUT2D eigenvalue weighted by Gasteiger charge is -2.12. The van der Waals surface area contributed by atoms with Crippen molar-refractivity contribution in [1.82, 2.24) is 9.97 Å². The van der Waals surface area contributed by atoms with Crippen LogP contribution in [0.1, 0.15) is 0 Å². The molecule has 0 bridgehead atoms. The van der Waals surface area contributed by atoms with Crippen LogP contribution in [0.5, 0.6) is 0 Å². The largest absolute Gasteiger partial charge is 0.337 e. The number of benzene rings is 4. The molecule has 31 heavy (non-hydrogen) atoms. The zero-order valence-electron chi connectivity index (χ0n) is 16.5. The van der Waals surface area contributed by atoms with Gasteiger partial charge in [-0.2, -0.15) is 0 Å². The molecule has 1 heterocycles. The minimum atomic E-state index is 0.615. The topological polar surface area (TPSA) is 28.7 Å². The van der Waals surface area contributed by atoms with E-state index in [1.807, 2.05) is 60.7 Å². The normalized spacial score (nSPS) is 10.9. The second kappa shape index (κ2) is 8.43. The summed E-state index contributed by atoms with van der Waals surface area (Å²) in [5, 5.41) is 1.23. The molecule has 5 aromatic rings. The lowest BCUT2D eigenvalue weighted by atomic mass is 9.95. The lowest BCUT2D eigenvalue weighted by molar-refractivity contribution is 1.31. The average Bonchev–Trinajstić information content (AvgIpc) is 3.26. The zero-order chi connectivity index (χ0) is 21.2. The van der Waals surface area contributed by atoms with Crippen LogP contribution < -0.4 is 0 Å². The summed E-state index contributed by atoms with van der Waals surface area (Å²) in [5.74, 6) is 0.825. The van der Waals surface area contributed by atoms with E-state index in [0.29, 0.717) is 10.0 Å². The van der Waals surface area contributed by atoms with Crippen molar-refractivity contribution in [1.29, 1.82) is 0 Å². The van der Waals surface area contributed by atoms with Crippen LogP contribution in [0.25, 0.3) is 45.0 Å². The molecule has 1 aromatic heterocycles. The van der Waals surface area contributed by atoms with Gasteiger partial charge in [0.15, 0.2) is 0 Å². The Morgan fingerprint density at radius 1 is 0.581 bits per heavy atom. The van der Waals surface area contributed by atoms with Crippen LogP contribution in [0.2, 0.25) is 10.0 Å². The maximum Gasteiger partial charge on any atom is 0.138 e. The Morgan fingerprint density at radius 2 is 1.19 bits per heavy atom. The quantitative estimate of drug-likeness (QED) is 0.298. The van der Waals surface area contributed by atoms with Gasteiger partial charge in [0.05, 0.1) is 11.4 Å². The highest BCUT2D eigenvalue weighted by atomic mass is 35.5. The molecule has 0 saturated heterocycles. The van der Waals surface area contributed by atoms with Crippen molar-refractivity contribution in [3.05, 3.63) is 113 Å². The molecule has 0 atom stereocenters. The molecule has 0 aliphatic rings. The molecule has 4 heteroatoms. The van der Waals surface area contributed by atoms with Crippen molar-refractivity contribution < 1.29 is 0 Å². The first-order valence-electron chi connectivity index (χ1n) is 9.96. The minimum absolute atomic E-state index is 0.615. The van der Waals surface area contributed by atoms with Gasteiger partial charge in [0.1, 0.15) is 5.82 Å². The number of hydrogen-bond acceptors (Lipinski definition) is 1. The number of nitrogens with one attached hydrogen (secondary N) is 1. The smallest absolute Gasteiger partial charge is 0.138 e. The third-order valence-electron chi connectivity index (χ3n) is 5.22. The fourth-order valence-corrected chi connectivity index (χ4v) is 4.26. The van der Waals surface area contributed by atoms with Gasteiger partial charge in [-0.3, -0.25) is 0 Å². The number of rotatable bonds is 4. The van der Waals surface area contributed by atoms with Gasteiger partial charge in [0, 0.05) is 32.3 Å². The first-order valence-corrected chi connectivity index (χ1v) is 10.7. The molecule has 5 rings (SSSR count). The van der Waals surface area contributed by atoms with Crippen LogP contribution in [0, 0.1) is 0 Å². The molecule has 0 aliphatic heterocycles. The highest BCUT2D eigenvalue weighted by Crippen LogP contribution is 2.40. The number of imidazole rings is 1. The molecule has 0 unspecified atom stereocenters. The number of hydrogen-bond donors (Lipinski definition) is 1. The second-order valence-corrected chi connectivity index (χ2v) is 8.05. The van der Waals surface area contributed by atoms with E-state index in [1.54, 1.807) is 6.07 Å². The van der Waals surface area contributed by atoms with E-state index in [4.69, 9.17) is 28.2 Å². The Kier molecular flexibility index (Phi) is 5.33. The molecular formula is C27H18Cl2N2. The van der Waals surface area contributed by atoms with E-state index in [9.17, 15) is 0 Å². The van der Waals surface area contributed by atoms with Gasteiger partial charge in [-0.1, -0.05) is 114 Å². The van der Waals surface area contributed by atoms with E-state index in [0.717, 1.165) is 45.0 Å². The van der Waals surface area contributed by atoms with Crippen LogP contribution in [0.4, 0.5) is 0 Å². The van der Waals surface area contributed by atoms with Crippen LogP contribution in [-0.4, -0.2) is 9.97 Å². The zero-order valence-corrected chi connectivity index (χ0v) is 18.0. The fourth-order valence-electron chi connectivity index (χ4n) is 3.75. The summed E-state index contributed by atoms with van der Waals surface area (Å²) in [6, 6.07) is 34.2. The molecule has 0 amide bonds. The Hall–Kier alpha value is -3.33. The van der Waals surface area contributed by atoms with Gasteiger partial charge < -0.3 is 4.98 Å². The van der Waals surface area contributed by atoms with Crippen molar-refractivity contribution in [2.75, 3.05) is 0 Å². The molecule has 0 aliphatic carbocycles. The number of aromatic amines is 1. The van der Waals surface area contributed by atoms with Gasteiger partial charge >= 0.3 is 0 Å². The van der Waals surface area contributed by atoms with Crippen molar-refractivity contribution in [2.24, 2.45) is 0 Å². The van der Waals surface area contributed by atoms with E-state index in [2.05, 4.69) is 41.4 Å². The summed E-state index contributed by atoms with van der Waals surface area (Å²) in [6.07, 6.45) is 0. The first kappa shape index (κ1) is 19.6. The van der Waals surface area contributed by atoms with Gasteiger partial charge in [-0.25, -0.2) is 4.98 Å². The van der Waals surface area contributed by atoms with Crippen molar-refractivity contribution in [3.8, 4) is 45.0 Å². The number of halogens is 2. The fraction of sp³-hybridized carbons (Fsp3) is 0. The Balaban J connectivity index is 1.75. The van der Waals surface area contributed by atoms with Gasteiger partial charge in [0.25, 0.3) is 0 Å². The van der Waals surface area contributed by atoms with Crippen LogP contribution in [-0.2, 0) is 0 Å². The van der Waals surface area contributed by atoms with Crippen molar-refractivity contribution in [2.45, 2.75) is 0 Å². The molecule has 150 valence electrons. The predicted molar refractivity (Wildman–Crippen MR) is 130 cm³/mol. The highest BCUT2D eigenvalue weighted by molar-refractivity contribution is 6.36. The van der Waals surface area contributed by atoms with Gasteiger partial charge in [-0.05, 0) is 17.7 Å². The Morgan fingerprint density at radius 3 is 1.87 bits per heavy atom. The van der Waals surface area contributed by atoms with Gasteiger partial charge in [-0.15, -0.1) is 0 Å². The minimum Gasteiger partial charge on any atom is -0.337 e. The summed E-state index contributed by atoms with van der Waals surface area (Å²) in [4.78, 5) is 8.56. The average molecular weight is 441 g/mol. The summed E-state index contributed by atoms with van der Waals surface area (Å²) in [7, 11) is 0. The maximum atomic E-state index is 6.57. The molecule has 1 N–H and O–H groups in total. The number of aromatic nitrogens is 2. The van der Waals surface area contributed by atoms with Gasteiger partial charge in [0.2, 0.25) is 0 Å². The SMILES string of the molecule is Clc1ccc(-c2ccccc2-c2[nH]c(-c3ccccc3)nc2-c2ccccc2)c(Cl)c1. The first-order chi connectivity index (χ1) is 15.2. The molecule has 0 radical (unpaired) electrons. The van der Waals surface area contributed by atoms with E-state index in [-0.39, 0.29) is 0 Å². The standard InChI is InChI=1S/C27H18Cl2N2/c28-20-15-16-22(24(29)17-20)21-13-7-8-14-23(21)26-25(18-9-3-1-4-10-18)30-27(31-26)19-11-5-2-6-12-19/h1-17H,(H,30,31). The van der Waals surface area contributed by atoms with Crippen molar-refractivity contribution in [3.63, 3.8) is 0 Å². The summed E-state index contributed by atoms with van der Waals surface area (Å²) in [6.45, 7) is 0. The predicted octanol–water partition coefficient (Wildman–Crippen LogP) is 8.38. The number of H-pyrrole nitrogens is 1. The Labute approximate surface area is 191 Å². The Bertz CT molecular complexity index is 1340. The summed E-state index contributed by atoms with van der Waals surface area (Å²) >= 11 is 12.7. The molecule has 0 saturated carbocycles. The third kappa shape index (κ3) is 3.88. The second-order valence-electron chi connectivity index (χ2n) is 7.21. The van der Waals surface area contributed by atoms with Crippen LogP contribution in [0.15, 0.2) is 103 Å². The monoisotopic (exact) mass is 440 g/mol. The molecule has 0 spiro atoms.